The van der Waals surface area contributed by atoms with E-state index in [4.69, 9.17) is 0 Å². The number of aromatic amines is 1. The fourth-order valence-electron chi connectivity index (χ4n) is 1.10. The monoisotopic (exact) mass is 209 g/mol. The van der Waals surface area contributed by atoms with Crippen molar-refractivity contribution >= 4 is 11.8 Å². The molecule has 0 radical (unpaired) electrons. The largest absolute Gasteiger partial charge is 0.367 e. The average molecular weight is 209 g/mol. The number of nitrogens with one attached hydrogen (secondary N) is 3. The van der Waals surface area contributed by atoms with Gasteiger partial charge in [-0.3, -0.25) is 4.79 Å². The molecule has 15 heavy (non-hydrogen) atoms. The Morgan fingerprint density at radius 3 is 2.80 bits per heavy atom. The van der Waals surface area contributed by atoms with E-state index in [2.05, 4.69) is 15.6 Å². The van der Waals surface area contributed by atoms with Gasteiger partial charge in [0, 0.05) is 18.9 Å². The van der Waals surface area contributed by atoms with Crippen LogP contribution in [0.15, 0.2) is 18.5 Å². The van der Waals surface area contributed by atoms with Crippen molar-refractivity contribution in [3.05, 3.63) is 24.0 Å². The van der Waals surface area contributed by atoms with Crippen LogP contribution in [-0.2, 0) is 11.2 Å². The van der Waals surface area contributed by atoms with Crippen LogP contribution in [0.25, 0.3) is 0 Å². The van der Waals surface area contributed by atoms with E-state index in [9.17, 15) is 9.59 Å². The highest BCUT2D eigenvalue weighted by molar-refractivity contribution is 5.83. The number of urea groups is 1. The number of carbonyl (C=O) groups is 2. The first-order chi connectivity index (χ1) is 7.18. The average Bonchev–Trinajstić information content (AvgIpc) is 2.67. The molecular formula is C10H15N3O2. The maximum Gasteiger partial charge on any atom is 0.315 e. The number of amides is 2. The maximum absolute atomic E-state index is 11.1. The summed E-state index contributed by atoms with van der Waals surface area (Å²) < 4.78 is 0. The van der Waals surface area contributed by atoms with E-state index < -0.39 is 0 Å². The van der Waals surface area contributed by atoms with E-state index in [1.807, 2.05) is 18.5 Å². The maximum atomic E-state index is 11.1. The molecule has 0 unspecified atom stereocenters. The van der Waals surface area contributed by atoms with Gasteiger partial charge in [-0.15, -0.1) is 0 Å². The van der Waals surface area contributed by atoms with Crippen molar-refractivity contribution in [3.8, 4) is 0 Å². The summed E-state index contributed by atoms with van der Waals surface area (Å²) >= 11 is 0. The van der Waals surface area contributed by atoms with Crippen molar-refractivity contribution < 1.29 is 9.59 Å². The normalized spacial score (nSPS) is 9.67. The Morgan fingerprint density at radius 1 is 1.40 bits per heavy atom. The summed E-state index contributed by atoms with van der Waals surface area (Å²) in [5.41, 5.74) is 1.14. The number of Topliss-reactive ketones (excluding diaryl/α,β-unsaturated/α-hetero) is 1. The van der Waals surface area contributed by atoms with Gasteiger partial charge in [0.15, 0.2) is 0 Å². The lowest BCUT2D eigenvalue weighted by atomic mass is 10.2. The minimum Gasteiger partial charge on any atom is -0.367 e. The van der Waals surface area contributed by atoms with Crippen LogP contribution < -0.4 is 10.6 Å². The van der Waals surface area contributed by atoms with E-state index in [-0.39, 0.29) is 18.4 Å². The van der Waals surface area contributed by atoms with Gasteiger partial charge in [-0.05, 0) is 25.0 Å². The molecule has 1 aromatic heterocycles. The molecule has 82 valence electrons. The van der Waals surface area contributed by atoms with Crippen molar-refractivity contribution in [2.75, 3.05) is 13.1 Å². The topological polar surface area (TPSA) is 74.0 Å². The van der Waals surface area contributed by atoms with E-state index in [1.54, 1.807) is 0 Å². The lowest BCUT2D eigenvalue weighted by Crippen LogP contribution is -2.38. The summed E-state index contributed by atoms with van der Waals surface area (Å²) in [7, 11) is 0. The lowest BCUT2D eigenvalue weighted by molar-refractivity contribution is -0.116. The van der Waals surface area contributed by atoms with Crippen LogP contribution >= 0.6 is 0 Å². The van der Waals surface area contributed by atoms with Gasteiger partial charge >= 0.3 is 6.03 Å². The van der Waals surface area contributed by atoms with E-state index in [0.717, 1.165) is 12.0 Å². The van der Waals surface area contributed by atoms with Crippen molar-refractivity contribution in [3.63, 3.8) is 0 Å². The zero-order valence-electron chi connectivity index (χ0n) is 8.67. The van der Waals surface area contributed by atoms with Gasteiger partial charge in [0.2, 0.25) is 0 Å². The molecule has 1 rings (SSSR count). The number of carbonyl (C=O) groups excluding carboxylic acids is 2. The summed E-state index contributed by atoms with van der Waals surface area (Å²) in [6.07, 6.45) is 4.50. The van der Waals surface area contributed by atoms with Crippen LogP contribution in [-0.4, -0.2) is 29.9 Å². The van der Waals surface area contributed by atoms with Gasteiger partial charge < -0.3 is 15.6 Å². The summed E-state index contributed by atoms with van der Waals surface area (Å²) in [5, 5.41) is 5.11. The molecule has 3 N–H and O–H groups in total. The summed E-state index contributed by atoms with van der Waals surface area (Å²) in [6, 6.07) is 1.65. The highest BCUT2D eigenvalue weighted by atomic mass is 16.2. The van der Waals surface area contributed by atoms with Gasteiger partial charge in [0.25, 0.3) is 0 Å². The third-order valence-corrected chi connectivity index (χ3v) is 1.86. The van der Waals surface area contributed by atoms with Crippen LogP contribution in [0.5, 0.6) is 0 Å². The molecule has 0 aromatic carbocycles. The quantitative estimate of drug-likeness (QED) is 0.658. The molecule has 0 aliphatic rings. The van der Waals surface area contributed by atoms with Gasteiger partial charge in [0.05, 0.1) is 6.54 Å². The first-order valence-electron chi connectivity index (χ1n) is 4.81. The Labute approximate surface area is 88.3 Å². The van der Waals surface area contributed by atoms with E-state index in [0.29, 0.717) is 6.54 Å². The minimum atomic E-state index is -0.305. The Bertz CT molecular complexity index is 319. The molecule has 0 aliphatic carbocycles. The standard InChI is InChI=1S/C10H15N3O2/c1-8(14)6-13-10(15)12-5-3-9-2-4-11-7-9/h2,4,7,11H,3,5-6H2,1H3,(H2,12,13,15). The molecule has 0 fully saturated rings. The molecule has 0 atom stereocenters. The number of hydrogen-bond acceptors (Lipinski definition) is 2. The highest BCUT2D eigenvalue weighted by Gasteiger charge is 2.00. The molecule has 5 nitrogen and oxygen atoms in total. The SMILES string of the molecule is CC(=O)CNC(=O)NCCc1cc[nH]c1. The summed E-state index contributed by atoms with van der Waals surface area (Å²) in [5.74, 6) is -0.0595. The molecule has 0 spiro atoms. The van der Waals surface area contributed by atoms with E-state index >= 15 is 0 Å². The molecule has 5 heteroatoms. The van der Waals surface area contributed by atoms with Crippen LogP contribution in [0.1, 0.15) is 12.5 Å². The molecule has 0 aliphatic heterocycles. The number of ketones is 1. The van der Waals surface area contributed by atoms with Gasteiger partial charge in [0.1, 0.15) is 5.78 Å². The Morgan fingerprint density at radius 2 is 2.20 bits per heavy atom. The number of rotatable bonds is 5. The molecule has 2 amide bonds. The number of hydrogen-bond donors (Lipinski definition) is 3. The van der Waals surface area contributed by atoms with Crippen LogP contribution in [0.2, 0.25) is 0 Å². The van der Waals surface area contributed by atoms with Crippen molar-refractivity contribution in [2.24, 2.45) is 0 Å². The zero-order chi connectivity index (χ0) is 11.1. The third kappa shape index (κ3) is 4.85. The van der Waals surface area contributed by atoms with Gasteiger partial charge in [-0.1, -0.05) is 0 Å². The second-order valence-electron chi connectivity index (χ2n) is 3.28. The number of H-pyrrole nitrogens is 1. The first kappa shape index (κ1) is 11.3. The Hall–Kier alpha value is -1.78. The number of aromatic nitrogens is 1. The fraction of sp³-hybridized carbons (Fsp3) is 0.400. The van der Waals surface area contributed by atoms with E-state index in [1.165, 1.54) is 6.92 Å². The van der Waals surface area contributed by atoms with Crippen LogP contribution in [0.3, 0.4) is 0 Å². The molecule has 0 saturated carbocycles. The Balaban J connectivity index is 2.09. The Kier molecular flexibility index (Phi) is 4.40. The predicted molar refractivity (Wildman–Crippen MR) is 56.6 cm³/mol. The zero-order valence-corrected chi connectivity index (χ0v) is 8.67. The second-order valence-corrected chi connectivity index (χ2v) is 3.28. The fourth-order valence-corrected chi connectivity index (χ4v) is 1.10. The van der Waals surface area contributed by atoms with Gasteiger partial charge in [-0.25, -0.2) is 4.79 Å². The lowest BCUT2D eigenvalue weighted by Gasteiger charge is -2.04. The molecular weight excluding hydrogens is 194 g/mol. The first-order valence-corrected chi connectivity index (χ1v) is 4.81. The van der Waals surface area contributed by atoms with Gasteiger partial charge in [-0.2, -0.15) is 0 Å². The summed E-state index contributed by atoms with van der Waals surface area (Å²) in [4.78, 5) is 24.6. The van der Waals surface area contributed by atoms with Crippen molar-refractivity contribution in [2.45, 2.75) is 13.3 Å². The predicted octanol–water partition coefficient (Wildman–Crippen LogP) is 0.445. The van der Waals surface area contributed by atoms with Crippen LogP contribution in [0, 0.1) is 0 Å². The third-order valence-electron chi connectivity index (χ3n) is 1.86. The minimum absolute atomic E-state index is 0.0595. The van der Waals surface area contributed by atoms with Crippen molar-refractivity contribution in [1.29, 1.82) is 0 Å². The summed E-state index contributed by atoms with van der Waals surface area (Å²) in [6.45, 7) is 2.07. The molecule has 1 aromatic rings. The van der Waals surface area contributed by atoms with Crippen molar-refractivity contribution in [1.82, 2.24) is 15.6 Å². The second kappa shape index (κ2) is 5.85. The molecule has 1 heterocycles. The molecule has 0 bridgehead atoms. The smallest absolute Gasteiger partial charge is 0.315 e. The van der Waals surface area contributed by atoms with Crippen LogP contribution in [0.4, 0.5) is 4.79 Å². The molecule has 0 saturated heterocycles. The highest BCUT2D eigenvalue weighted by Crippen LogP contribution is 1.95.